The number of para-hydroxylation sites is 1. The number of nitrogens with one attached hydrogen (secondary N) is 1. The Kier molecular flexibility index (Phi) is 9.92. The maximum atomic E-state index is 5.82. The van der Waals surface area contributed by atoms with Gasteiger partial charge in [0.1, 0.15) is 5.75 Å². The molecule has 0 aliphatic heterocycles. The Bertz CT molecular complexity index is 344. The van der Waals surface area contributed by atoms with Crippen LogP contribution in [0.5, 0.6) is 5.75 Å². The molecule has 0 aliphatic carbocycles. The fourth-order valence-corrected chi connectivity index (χ4v) is 1.78. The van der Waals surface area contributed by atoms with Gasteiger partial charge in [-0.3, -0.25) is 0 Å². The normalized spacial score (nSPS) is 10.7. The first-order chi connectivity index (χ1) is 9.88. The summed E-state index contributed by atoms with van der Waals surface area (Å²) in [5, 5.41) is 3.40. The maximum absolute atomic E-state index is 5.82. The van der Waals surface area contributed by atoms with E-state index in [9.17, 15) is 0 Å². The molecule has 20 heavy (non-hydrogen) atoms. The minimum absolute atomic E-state index is 0.646. The Morgan fingerprint density at radius 1 is 1.05 bits per heavy atom. The molecular formula is C16H27NO3. The molecule has 0 saturated carbocycles. The van der Waals surface area contributed by atoms with Crippen LogP contribution in [0.3, 0.4) is 0 Å². The molecule has 1 aromatic rings. The topological polar surface area (TPSA) is 39.7 Å². The van der Waals surface area contributed by atoms with Gasteiger partial charge in [-0.05, 0) is 19.0 Å². The molecule has 0 aliphatic rings. The molecule has 4 nitrogen and oxygen atoms in total. The zero-order chi connectivity index (χ0) is 14.5. The van der Waals surface area contributed by atoms with Crippen molar-refractivity contribution in [3.63, 3.8) is 0 Å². The predicted molar refractivity (Wildman–Crippen MR) is 81.2 cm³/mol. The van der Waals surface area contributed by atoms with Crippen LogP contribution in [0.1, 0.15) is 25.3 Å². The van der Waals surface area contributed by atoms with Crippen LogP contribution in [0, 0.1) is 0 Å². The lowest BCUT2D eigenvalue weighted by Gasteiger charge is -2.12. The van der Waals surface area contributed by atoms with Crippen molar-refractivity contribution < 1.29 is 14.2 Å². The fraction of sp³-hybridized carbons (Fsp3) is 0.625. The second-order valence-electron chi connectivity index (χ2n) is 4.59. The molecule has 0 fully saturated rings. The maximum Gasteiger partial charge on any atom is 0.123 e. The van der Waals surface area contributed by atoms with Gasteiger partial charge in [0, 0.05) is 32.2 Å². The van der Waals surface area contributed by atoms with E-state index in [2.05, 4.69) is 18.3 Å². The molecule has 0 amide bonds. The summed E-state index contributed by atoms with van der Waals surface area (Å²) in [6.45, 7) is 6.73. The van der Waals surface area contributed by atoms with Crippen LogP contribution in [0.4, 0.5) is 0 Å². The monoisotopic (exact) mass is 281 g/mol. The lowest BCUT2D eigenvalue weighted by molar-refractivity contribution is 0.0644. The van der Waals surface area contributed by atoms with E-state index in [0.717, 1.165) is 31.7 Å². The number of benzene rings is 1. The van der Waals surface area contributed by atoms with Crippen molar-refractivity contribution in [2.24, 2.45) is 0 Å². The Balaban J connectivity index is 2.21. The van der Waals surface area contributed by atoms with E-state index in [1.807, 2.05) is 18.2 Å². The molecule has 0 bridgehead atoms. The summed E-state index contributed by atoms with van der Waals surface area (Å²) in [7, 11) is 1.68. The number of methoxy groups -OCH3 is 1. The highest BCUT2D eigenvalue weighted by molar-refractivity contribution is 5.33. The molecule has 0 unspecified atom stereocenters. The van der Waals surface area contributed by atoms with Crippen LogP contribution >= 0.6 is 0 Å². The lowest BCUT2D eigenvalue weighted by atomic mass is 10.2. The van der Waals surface area contributed by atoms with E-state index in [0.29, 0.717) is 26.4 Å². The molecule has 0 radical (unpaired) electrons. The first-order valence-corrected chi connectivity index (χ1v) is 7.36. The van der Waals surface area contributed by atoms with Crippen LogP contribution in [0.2, 0.25) is 0 Å². The molecule has 1 N–H and O–H groups in total. The van der Waals surface area contributed by atoms with Gasteiger partial charge in [0.2, 0.25) is 0 Å². The minimum Gasteiger partial charge on any atom is -0.493 e. The third-order valence-corrected chi connectivity index (χ3v) is 2.84. The van der Waals surface area contributed by atoms with Crippen molar-refractivity contribution in [3.8, 4) is 5.75 Å². The Labute approximate surface area is 122 Å². The Morgan fingerprint density at radius 2 is 1.90 bits per heavy atom. The van der Waals surface area contributed by atoms with Crippen molar-refractivity contribution >= 4 is 0 Å². The van der Waals surface area contributed by atoms with E-state index >= 15 is 0 Å². The fourth-order valence-electron chi connectivity index (χ4n) is 1.78. The molecule has 114 valence electrons. The van der Waals surface area contributed by atoms with E-state index in [1.54, 1.807) is 7.11 Å². The largest absolute Gasteiger partial charge is 0.493 e. The summed E-state index contributed by atoms with van der Waals surface area (Å²) in [5.41, 5.74) is 1.21. The van der Waals surface area contributed by atoms with E-state index in [4.69, 9.17) is 14.2 Å². The second-order valence-corrected chi connectivity index (χ2v) is 4.59. The lowest BCUT2D eigenvalue weighted by Crippen LogP contribution is -2.15. The number of hydrogen-bond acceptors (Lipinski definition) is 4. The van der Waals surface area contributed by atoms with Crippen LogP contribution in [0.25, 0.3) is 0 Å². The third kappa shape index (κ3) is 7.48. The number of hydrogen-bond donors (Lipinski definition) is 1. The highest BCUT2D eigenvalue weighted by Gasteiger charge is 2.02. The van der Waals surface area contributed by atoms with Gasteiger partial charge in [-0.2, -0.15) is 0 Å². The van der Waals surface area contributed by atoms with Gasteiger partial charge in [0.25, 0.3) is 0 Å². The second kappa shape index (κ2) is 11.7. The van der Waals surface area contributed by atoms with Crippen molar-refractivity contribution in [3.05, 3.63) is 29.8 Å². The number of rotatable bonds is 12. The summed E-state index contributed by atoms with van der Waals surface area (Å²) in [6.07, 6.45) is 2.03. The molecule has 0 spiro atoms. The highest BCUT2D eigenvalue weighted by atomic mass is 16.5. The quantitative estimate of drug-likeness (QED) is 0.598. The molecule has 1 aromatic carbocycles. The van der Waals surface area contributed by atoms with Gasteiger partial charge in [0.05, 0.1) is 19.8 Å². The van der Waals surface area contributed by atoms with Crippen molar-refractivity contribution in [1.82, 2.24) is 5.32 Å². The van der Waals surface area contributed by atoms with Crippen molar-refractivity contribution in [1.29, 1.82) is 0 Å². The number of ether oxygens (including phenoxy) is 3. The van der Waals surface area contributed by atoms with Crippen LogP contribution < -0.4 is 10.1 Å². The van der Waals surface area contributed by atoms with Gasteiger partial charge < -0.3 is 19.5 Å². The summed E-state index contributed by atoms with van der Waals surface area (Å²) in [6, 6.07) is 8.18. The molecule has 0 atom stereocenters. The van der Waals surface area contributed by atoms with Crippen LogP contribution in [0.15, 0.2) is 24.3 Å². The molecule has 0 heterocycles. The van der Waals surface area contributed by atoms with Crippen LogP contribution in [-0.4, -0.2) is 40.1 Å². The zero-order valence-corrected chi connectivity index (χ0v) is 12.7. The van der Waals surface area contributed by atoms with Crippen LogP contribution in [-0.2, 0) is 16.0 Å². The summed E-state index contributed by atoms with van der Waals surface area (Å²) >= 11 is 0. The first-order valence-electron chi connectivity index (χ1n) is 7.36. The van der Waals surface area contributed by atoms with E-state index in [-0.39, 0.29) is 0 Å². The smallest absolute Gasteiger partial charge is 0.123 e. The summed E-state index contributed by atoms with van der Waals surface area (Å²) < 4.78 is 16.1. The first kappa shape index (κ1) is 17.0. The van der Waals surface area contributed by atoms with Gasteiger partial charge in [-0.1, -0.05) is 25.1 Å². The van der Waals surface area contributed by atoms with Gasteiger partial charge in [0.15, 0.2) is 0 Å². The summed E-state index contributed by atoms with van der Waals surface area (Å²) in [4.78, 5) is 0. The standard InChI is InChI=1S/C16H27NO3/c1-3-9-17-14-15-7-4-5-8-16(15)20-11-6-10-19-13-12-18-2/h4-5,7-8,17H,3,6,9-14H2,1-2H3. The zero-order valence-electron chi connectivity index (χ0n) is 12.7. The Morgan fingerprint density at radius 3 is 2.70 bits per heavy atom. The SMILES string of the molecule is CCCNCc1ccccc1OCCCOCCOC. The average Bonchev–Trinajstić information content (AvgIpc) is 2.48. The molecule has 0 saturated heterocycles. The van der Waals surface area contributed by atoms with E-state index < -0.39 is 0 Å². The molecule has 0 aromatic heterocycles. The Hall–Kier alpha value is -1.10. The van der Waals surface area contributed by atoms with Gasteiger partial charge in [-0.15, -0.1) is 0 Å². The van der Waals surface area contributed by atoms with Crippen molar-refractivity contribution in [2.45, 2.75) is 26.3 Å². The molecule has 1 rings (SSSR count). The van der Waals surface area contributed by atoms with Gasteiger partial charge >= 0.3 is 0 Å². The molecular weight excluding hydrogens is 254 g/mol. The van der Waals surface area contributed by atoms with Crippen molar-refractivity contribution in [2.75, 3.05) is 40.1 Å². The summed E-state index contributed by atoms with van der Waals surface area (Å²) in [5.74, 6) is 0.966. The molecule has 4 heteroatoms. The minimum atomic E-state index is 0.646. The average molecular weight is 281 g/mol. The van der Waals surface area contributed by atoms with E-state index in [1.165, 1.54) is 5.56 Å². The third-order valence-electron chi connectivity index (χ3n) is 2.84. The highest BCUT2D eigenvalue weighted by Crippen LogP contribution is 2.17. The predicted octanol–water partition coefficient (Wildman–Crippen LogP) is 2.62. The van der Waals surface area contributed by atoms with Gasteiger partial charge in [-0.25, -0.2) is 0 Å².